The molecular formula is C20H22N2O4S. The van der Waals surface area contributed by atoms with E-state index in [1.807, 2.05) is 32.0 Å². The first-order chi connectivity index (χ1) is 12.7. The molecule has 0 spiro atoms. The van der Waals surface area contributed by atoms with Crippen molar-refractivity contribution in [1.82, 2.24) is 0 Å². The van der Waals surface area contributed by atoms with Gasteiger partial charge >= 0.3 is 0 Å². The molecule has 0 atom stereocenters. The van der Waals surface area contributed by atoms with Gasteiger partial charge in [-0.05, 0) is 11.6 Å². The van der Waals surface area contributed by atoms with Gasteiger partial charge in [0.15, 0.2) is 5.78 Å². The number of nitrogens with two attached hydrogens (primary N) is 1. The maximum absolute atomic E-state index is 12.5. The van der Waals surface area contributed by atoms with Crippen molar-refractivity contribution >= 4 is 21.6 Å². The summed E-state index contributed by atoms with van der Waals surface area (Å²) in [6.07, 6.45) is 0.323. The molecule has 2 aromatic carbocycles. The van der Waals surface area contributed by atoms with Crippen LogP contribution in [0.15, 0.2) is 52.9 Å². The molecule has 0 saturated heterocycles. The van der Waals surface area contributed by atoms with Gasteiger partial charge in [0, 0.05) is 17.4 Å². The lowest BCUT2D eigenvalue weighted by molar-refractivity contribution is 0.0879. The topological polar surface area (TPSA) is 98.8 Å². The van der Waals surface area contributed by atoms with E-state index in [9.17, 15) is 13.2 Å². The number of rotatable bonds is 6. The number of ether oxygens (including phenoxy) is 1. The second-order valence-corrected chi connectivity index (χ2v) is 9.05. The lowest BCUT2D eigenvalue weighted by Crippen LogP contribution is -2.28. The van der Waals surface area contributed by atoms with Crippen molar-refractivity contribution in [2.45, 2.75) is 26.0 Å². The predicted molar refractivity (Wildman–Crippen MR) is 104 cm³/mol. The standard InChI is InChI=1S/C20H22N2O4S/c1-20(2,11-16(23)14-7-4-3-5-8-14)13-26-17-10-6-9-15-12-27(24,25)22-19(21)18(15)17/h3-10H,11-13H2,1-2H3,(H2,21,22). The van der Waals surface area contributed by atoms with Gasteiger partial charge in [0.2, 0.25) is 0 Å². The third-order valence-corrected chi connectivity index (χ3v) is 5.45. The van der Waals surface area contributed by atoms with E-state index in [0.29, 0.717) is 28.9 Å². The van der Waals surface area contributed by atoms with Crippen LogP contribution < -0.4 is 10.5 Å². The summed E-state index contributed by atoms with van der Waals surface area (Å²) in [5.41, 5.74) is 7.19. The van der Waals surface area contributed by atoms with E-state index in [-0.39, 0.29) is 24.0 Å². The van der Waals surface area contributed by atoms with Gasteiger partial charge in [-0.15, -0.1) is 4.40 Å². The van der Waals surface area contributed by atoms with Gasteiger partial charge in [0.25, 0.3) is 10.0 Å². The summed E-state index contributed by atoms with van der Waals surface area (Å²) in [6.45, 7) is 4.18. The molecule has 2 N–H and O–H groups in total. The summed E-state index contributed by atoms with van der Waals surface area (Å²) in [5, 5.41) is 0. The molecule has 0 amide bonds. The van der Waals surface area contributed by atoms with Crippen LogP contribution in [-0.2, 0) is 15.8 Å². The molecule has 142 valence electrons. The molecule has 0 saturated carbocycles. The first kappa shape index (κ1) is 19.1. The fraction of sp³-hybridized carbons (Fsp3) is 0.300. The van der Waals surface area contributed by atoms with Gasteiger partial charge < -0.3 is 10.5 Å². The number of fused-ring (bicyclic) bond motifs is 1. The van der Waals surface area contributed by atoms with Crippen molar-refractivity contribution in [3.8, 4) is 5.75 Å². The number of hydrogen-bond acceptors (Lipinski definition) is 5. The monoisotopic (exact) mass is 386 g/mol. The summed E-state index contributed by atoms with van der Waals surface area (Å²) < 4.78 is 33.0. The maximum atomic E-state index is 12.5. The molecule has 0 bridgehead atoms. The molecule has 27 heavy (non-hydrogen) atoms. The van der Waals surface area contributed by atoms with Gasteiger partial charge in [-0.2, -0.15) is 0 Å². The number of Topliss-reactive ketones (excluding diaryl/α,β-unsaturated/α-hetero) is 1. The first-order valence-corrected chi connectivity index (χ1v) is 10.2. The Bertz CT molecular complexity index is 996. The summed E-state index contributed by atoms with van der Waals surface area (Å²) in [5.74, 6) is 0.260. The van der Waals surface area contributed by atoms with Gasteiger partial charge in [-0.1, -0.05) is 56.3 Å². The Balaban J connectivity index is 1.75. The number of nitrogens with zero attached hydrogens (tertiary/aromatic N) is 1. The summed E-state index contributed by atoms with van der Waals surface area (Å²) in [6, 6.07) is 14.3. The third-order valence-electron chi connectivity index (χ3n) is 4.30. The zero-order chi connectivity index (χ0) is 19.7. The molecule has 0 radical (unpaired) electrons. The molecule has 6 nitrogen and oxygen atoms in total. The third kappa shape index (κ3) is 4.54. The minimum atomic E-state index is -3.59. The second-order valence-electron chi connectivity index (χ2n) is 7.41. The lowest BCUT2D eigenvalue weighted by atomic mass is 9.86. The molecule has 7 heteroatoms. The van der Waals surface area contributed by atoms with Crippen LogP contribution in [0.3, 0.4) is 0 Å². The molecular weight excluding hydrogens is 364 g/mol. The number of sulfonamides is 1. The van der Waals surface area contributed by atoms with Crippen molar-refractivity contribution in [1.29, 1.82) is 0 Å². The Hall–Kier alpha value is -2.67. The molecule has 1 aliphatic rings. The van der Waals surface area contributed by atoms with Crippen LogP contribution >= 0.6 is 0 Å². The fourth-order valence-electron chi connectivity index (χ4n) is 3.02. The zero-order valence-electron chi connectivity index (χ0n) is 15.3. The highest BCUT2D eigenvalue weighted by Gasteiger charge is 2.28. The molecule has 0 aromatic heterocycles. The minimum absolute atomic E-state index is 0.0476. The average Bonchev–Trinajstić information content (AvgIpc) is 2.59. The largest absolute Gasteiger partial charge is 0.492 e. The van der Waals surface area contributed by atoms with Crippen LogP contribution in [0.25, 0.3) is 0 Å². The highest BCUT2D eigenvalue weighted by atomic mass is 32.2. The molecule has 2 aromatic rings. The van der Waals surface area contributed by atoms with Gasteiger partial charge in [0.1, 0.15) is 11.6 Å². The van der Waals surface area contributed by atoms with Crippen LogP contribution in [0.1, 0.15) is 41.8 Å². The SMILES string of the molecule is CC(C)(COc1cccc2c1C(N)=NS(=O)(=O)C2)CC(=O)c1ccccc1. The Morgan fingerprint density at radius 3 is 2.56 bits per heavy atom. The zero-order valence-corrected chi connectivity index (χ0v) is 16.1. The minimum Gasteiger partial charge on any atom is -0.492 e. The number of hydrogen-bond donors (Lipinski definition) is 1. The van der Waals surface area contributed by atoms with Crippen molar-refractivity contribution in [2.75, 3.05) is 6.61 Å². The normalized spacial score (nSPS) is 15.6. The summed E-state index contributed by atoms with van der Waals surface area (Å²) in [4.78, 5) is 12.5. The first-order valence-electron chi connectivity index (χ1n) is 8.58. The van der Waals surface area contributed by atoms with Crippen LogP contribution in [0, 0.1) is 5.41 Å². The molecule has 0 fully saturated rings. The Morgan fingerprint density at radius 2 is 1.85 bits per heavy atom. The van der Waals surface area contributed by atoms with Crippen molar-refractivity contribution in [3.63, 3.8) is 0 Å². The molecule has 0 aliphatic carbocycles. The lowest BCUT2D eigenvalue weighted by Gasteiger charge is -2.26. The van der Waals surface area contributed by atoms with Gasteiger partial charge in [-0.3, -0.25) is 4.79 Å². The number of benzene rings is 2. The van der Waals surface area contributed by atoms with E-state index in [1.165, 1.54) is 0 Å². The Labute approximate surface area is 159 Å². The smallest absolute Gasteiger partial charge is 0.259 e. The van der Waals surface area contributed by atoms with E-state index >= 15 is 0 Å². The van der Waals surface area contributed by atoms with Crippen LogP contribution in [0.2, 0.25) is 0 Å². The van der Waals surface area contributed by atoms with Crippen molar-refractivity contribution in [2.24, 2.45) is 15.5 Å². The van der Waals surface area contributed by atoms with Crippen LogP contribution in [0.4, 0.5) is 0 Å². The van der Waals surface area contributed by atoms with E-state index in [1.54, 1.807) is 30.3 Å². The Kier molecular flexibility index (Phi) is 5.06. The number of ketones is 1. The maximum Gasteiger partial charge on any atom is 0.259 e. The highest BCUT2D eigenvalue weighted by Crippen LogP contribution is 2.30. The van der Waals surface area contributed by atoms with Gasteiger partial charge in [0.05, 0.1) is 17.9 Å². The fourth-order valence-corrected chi connectivity index (χ4v) is 4.11. The van der Waals surface area contributed by atoms with Crippen LogP contribution in [0.5, 0.6) is 5.75 Å². The van der Waals surface area contributed by atoms with E-state index < -0.39 is 15.4 Å². The van der Waals surface area contributed by atoms with Crippen LogP contribution in [-0.4, -0.2) is 26.6 Å². The number of amidine groups is 1. The predicted octanol–water partition coefficient (Wildman–Crippen LogP) is 2.91. The van der Waals surface area contributed by atoms with Crippen molar-refractivity contribution in [3.05, 3.63) is 65.2 Å². The van der Waals surface area contributed by atoms with E-state index in [2.05, 4.69) is 4.40 Å². The molecule has 1 heterocycles. The quantitative estimate of drug-likeness (QED) is 0.770. The number of carbonyl (C=O) groups excluding carboxylic acids is 1. The van der Waals surface area contributed by atoms with E-state index in [0.717, 1.165) is 0 Å². The molecule has 1 aliphatic heterocycles. The second kappa shape index (κ2) is 7.15. The average molecular weight is 386 g/mol. The summed E-state index contributed by atoms with van der Waals surface area (Å²) in [7, 11) is -3.59. The van der Waals surface area contributed by atoms with Crippen molar-refractivity contribution < 1.29 is 17.9 Å². The highest BCUT2D eigenvalue weighted by molar-refractivity contribution is 7.89. The summed E-state index contributed by atoms with van der Waals surface area (Å²) >= 11 is 0. The van der Waals surface area contributed by atoms with E-state index in [4.69, 9.17) is 10.5 Å². The number of carbonyl (C=O) groups is 1. The molecule has 3 rings (SSSR count). The Morgan fingerprint density at radius 1 is 1.15 bits per heavy atom. The van der Waals surface area contributed by atoms with Gasteiger partial charge in [-0.25, -0.2) is 8.42 Å². The molecule has 0 unspecified atom stereocenters.